The number of aliphatic hydroxyl groups is 1. The Morgan fingerprint density at radius 2 is 2.31 bits per heavy atom. The molecule has 0 fully saturated rings. The average molecular weight is 224 g/mol. The standard InChI is InChI=1S/C9H12N4O3/c14-2-4-16-3-1-13-6-12-7-8(13)10-5-11-9(7)15/h5-6,14H,1-4H2,(H,10,11,15). The van der Waals surface area contributed by atoms with Gasteiger partial charge in [0.1, 0.15) is 0 Å². The van der Waals surface area contributed by atoms with Crippen LogP contribution in [0.5, 0.6) is 0 Å². The lowest BCUT2D eigenvalue weighted by atomic mass is 10.5. The third-order valence-electron chi connectivity index (χ3n) is 2.12. The van der Waals surface area contributed by atoms with Crippen LogP contribution in [-0.2, 0) is 11.3 Å². The number of fused-ring (bicyclic) bond motifs is 1. The van der Waals surface area contributed by atoms with Gasteiger partial charge in [-0.25, -0.2) is 9.97 Å². The molecule has 0 amide bonds. The van der Waals surface area contributed by atoms with Crippen molar-refractivity contribution < 1.29 is 9.84 Å². The van der Waals surface area contributed by atoms with Crippen molar-refractivity contribution in [3.63, 3.8) is 0 Å². The minimum absolute atomic E-state index is 0.00257. The van der Waals surface area contributed by atoms with E-state index in [4.69, 9.17) is 9.84 Å². The van der Waals surface area contributed by atoms with Gasteiger partial charge in [0.05, 0.1) is 32.5 Å². The summed E-state index contributed by atoms with van der Waals surface area (Å²) >= 11 is 0. The van der Waals surface area contributed by atoms with Crippen LogP contribution in [0.25, 0.3) is 11.2 Å². The second-order valence-corrected chi connectivity index (χ2v) is 3.18. The molecule has 0 unspecified atom stereocenters. The Bertz CT molecular complexity index is 519. The summed E-state index contributed by atoms with van der Waals surface area (Å²) in [4.78, 5) is 21.8. The summed E-state index contributed by atoms with van der Waals surface area (Å²) in [7, 11) is 0. The molecule has 0 aliphatic rings. The van der Waals surface area contributed by atoms with Crippen molar-refractivity contribution in [3.8, 4) is 0 Å². The molecule has 0 atom stereocenters. The molecule has 7 heteroatoms. The number of nitrogens with one attached hydrogen (secondary N) is 1. The third-order valence-corrected chi connectivity index (χ3v) is 2.12. The van der Waals surface area contributed by atoms with Gasteiger partial charge in [-0.2, -0.15) is 0 Å². The predicted molar refractivity (Wildman–Crippen MR) is 56.1 cm³/mol. The van der Waals surface area contributed by atoms with E-state index in [0.29, 0.717) is 30.9 Å². The normalized spacial score (nSPS) is 11.1. The highest BCUT2D eigenvalue weighted by Gasteiger charge is 2.06. The molecule has 0 bridgehead atoms. The summed E-state index contributed by atoms with van der Waals surface area (Å²) in [6.07, 6.45) is 2.90. The molecule has 0 aliphatic carbocycles. The first-order valence-corrected chi connectivity index (χ1v) is 4.90. The first-order valence-electron chi connectivity index (χ1n) is 4.90. The molecule has 0 saturated carbocycles. The predicted octanol–water partition coefficient (Wildman–Crippen LogP) is -0.872. The zero-order valence-corrected chi connectivity index (χ0v) is 8.59. The van der Waals surface area contributed by atoms with Crippen LogP contribution in [0, 0.1) is 0 Å². The summed E-state index contributed by atoms with van der Waals surface area (Å²) in [6.45, 7) is 1.30. The first kappa shape index (κ1) is 10.8. The van der Waals surface area contributed by atoms with E-state index in [2.05, 4.69) is 15.0 Å². The van der Waals surface area contributed by atoms with Crippen molar-refractivity contribution in [2.75, 3.05) is 19.8 Å². The topological polar surface area (TPSA) is 93.0 Å². The van der Waals surface area contributed by atoms with E-state index in [1.165, 1.54) is 6.33 Å². The maximum atomic E-state index is 11.3. The lowest BCUT2D eigenvalue weighted by Gasteiger charge is -2.03. The zero-order chi connectivity index (χ0) is 11.4. The summed E-state index contributed by atoms with van der Waals surface area (Å²) in [5.74, 6) is 0. The Balaban J connectivity index is 2.13. The van der Waals surface area contributed by atoms with E-state index in [9.17, 15) is 4.79 Å². The number of hydrogen-bond donors (Lipinski definition) is 2. The van der Waals surface area contributed by atoms with Crippen LogP contribution >= 0.6 is 0 Å². The molecule has 16 heavy (non-hydrogen) atoms. The number of H-pyrrole nitrogens is 1. The number of imidazole rings is 1. The Hall–Kier alpha value is -1.73. The van der Waals surface area contributed by atoms with Crippen LogP contribution in [0.15, 0.2) is 17.4 Å². The first-order chi connectivity index (χ1) is 7.83. The van der Waals surface area contributed by atoms with Crippen LogP contribution in [0.4, 0.5) is 0 Å². The zero-order valence-electron chi connectivity index (χ0n) is 8.59. The maximum Gasteiger partial charge on any atom is 0.278 e. The van der Waals surface area contributed by atoms with Gasteiger partial charge in [0.15, 0.2) is 11.2 Å². The second kappa shape index (κ2) is 4.86. The molecule has 2 heterocycles. The van der Waals surface area contributed by atoms with E-state index in [1.807, 2.05) is 0 Å². The lowest BCUT2D eigenvalue weighted by molar-refractivity contribution is 0.0874. The number of aromatic nitrogens is 4. The molecule has 86 valence electrons. The highest BCUT2D eigenvalue weighted by molar-refractivity contribution is 5.68. The highest BCUT2D eigenvalue weighted by Crippen LogP contribution is 2.03. The Kier molecular flexibility index (Phi) is 3.28. The molecule has 2 rings (SSSR count). The molecule has 2 N–H and O–H groups in total. The molecular formula is C9H12N4O3. The molecule has 0 spiro atoms. The van der Waals surface area contributed by atoms with Gasteiger partial charge >= 0.3 is 0 Å². The molecule has 0 radical (unpaired) electrons. The fourth-order valence-corrected chi connectivity index (χ4v) is 1.38. The minimum Gasteiger partial charge on any atom is -0.394 e. The number of rotatable bonds is 5. The van der Waals surface area contributed by atoms with Crippen molar-refractivity contribution in [3.05, 3.63) is 23.0 Å². The van der Waals surface area contributed by atoms with E-state index in [-0.39, 0.29) is 12.2 Å². The average Bonchev–Trinajstić information content (AvgIpc) is 2.70. The van der Waals surface area contributed by atoms with Crippen molar-refractivity contribution in [2.24, 2.45) is 0 Å². The molecule has 0 aliphatic heterocycles. The Morgan fingerprint density at radius 1 is 1.44 bits per heavy atom. The van der Waals surface area contributed by atoms with Crippen LogP contribution in [0.1, 0.15) is 0 Å². The molecule has 0 aromatic carbocycles. The van der Waals surface area contributed by atoms with Gasteiger partial charge in [0.25, 0.3) is 5.56 Å². The monoisotopic (exact) mass is 224 g/mol. The highest BCUT2D eigenvalue weighted by atomic mass is 16.5. The molecule has 0 saturated heterocycles. The Labute approximate surface area is 90.7 Å². The fraction of sp³-hybridized carbons (Fsp3) is 0.444. The van der Waals surface area contributed by atoms with Crippen molar-refractivity contribution >= 4 is 11.2 Å². The van der Waals surface area contributed by atoms with E-state index < -0.39 is 0 Å². The largest absolute Gasteiger partial charge is 0.394 e. The number of hydrogen-bond acceptors (Lipinski definition) is 5. The van der Waals surface area contributed by atoms with Gasteiger partial charge in [-0.15, -0.1) is 0 Å². The third kappa shape index (κ3) is 2.10. The van der Waals surface area contributed by atoms with Crippen LogP contribution < -0.4 is 5.56 Å². The number of aliphatic hydroxyl groups excluding tert-OH is 1. The molecular weight excluding hydrogens is 212 g/mol. The molecule has 7 nitrogen and oxygen atoms in total. The summed E-state index contributed by atoms with van der Waals surface area (Å²) in [5.41, 5.74) is 0.612. The van der Waals surface area contributed by atoms with E-state index in [0.717, 1.165) is 0 Å². The van der Waals surface area contributed by atoms with Gasteiger partial charge in [0.2, 0.25) is 0 Å². The van der Waals surface area contributed by atoms with Gasteiger partial charge in [-0.3, -0.25) is 4.79 Å². The quantitative estimate of drug-likeness (QED) is 0.644. The summed E-state index contributed by atoms with van der Waals surface area (Å²) in [6, 6.07) is 0. The molecule has 2 aromatic heterocycles. The van der Waals surface area contributed by atoms with Crippen LogP contribution in [0.2, 0.25) is 0 Å². The Morgan fingerprint density at radius 3 is 3.12 bits per heavy atom. The second-order valence-electron chi connectivity index (χ2n) is 3.18. The number of nitrogens with zero attached hydrogens (tertiary/aromatic N) is 3. The van der Waals surface area contributed by atoms with Crippen molar-refractivity contribution in [1.82, 2.24) is 19.5 Å². The van der Waals surface area contributed by atoms with Crippen molar-refractivity contribution in [2.45, 2.75) is 6.54 Å². The van der Waals surface area contributed by atoms with Gasteiger partial charge < -0.3 is 19.4 Å². The number of ether oxygens (including phenoxy) is 1. The van der Waals surface area contributed by atoms with Crippen LogP contribution in [0.3, 0.4) is 0 Å². The summed E-state index contributed by atoms with van der Waals surface area (Å²) in [5, 5.41) is 8.53. The van der Waals surface area contributed by atoms with E-state index in [1.54, 1.807) is 10.9 Å². The van der Waals surface area contributed by atoms with Gasteiger partial charge in [0, 0.05) is 6.54 Å². The minimum atomic E-state index is -0.250. The van der Waals surface area contributed by atoms with E-state index >= 15 is 0 Å². The lowest BCUT2D eigenvalue weighted by Crippen LogP contribution is -2.10. The van der Waals surface area contributed by atoms with Crippen LogP contribution in [-0.4, -0.2) is 44.4 Å². The summed E-state index contributed by atoms with van der Waals surface area (Å²) < 4.78 is 6.86. The van der Waals surface area contributed by atoms with Gasteiger partial charge in [-0.1, -0.05) is 0 Å². The fourth-order valence-electron chi connectivity index (χ4n) is 1.38. The van der Waals surface area contributed by atoms with Crippen molar-refractivity contribution in [1.29, 1.82) is 0 Å². The van der Waals surface area contributed by atoms with Gasteiger partial charge in [-0.05, 0) is 0 Å². The maximum absolute atomic E-state index is 11.3. The molecule has 2 aromatic rings. The SMILES string of the molecule is O=c1[nH]cnc2c1ncn2CCOCCO. The number of aromatic amines is 1. The smallest absolute Gasteiger partial charge is 0.278 e.